The zero-order chi connectivity index (χ0) is 17.8. The molecule has 2 aromatic rings. The van der Waals surface area contributed by atoms with Crippen LogP contribution in [0.3, 0.4) is 0 Å². The van der Waals surface area contributed by atoms with E-state index < -0.39 is 4.92 Å². The Morgan fingerprint density at radius 1 is 1.28 bits per heavy atom. The normalized spacial score (nSPS) is 16.2. The molecule has 0 amide bonds. The Morgan fingerprint density at radius 2 is 1.96 bits per heavy atom. The summed E-state index contributed by atoms with van der Waals surface area (Å²) in [7, 11) is 1.78. The van der Waals surface area contributed by atoms with Crippen molar-refractivity contribution < 1.29 is 4.92 Å². The highest BCUT2D eigenvalue weighted by molar-refractivity contribution is 8.14. The van der Waals surface area contributed by atoms with Crippen molar-refractivity contribution in [1.82, 2.24) is 5.32 Å². The number of nitrogens with zero attached hydrogens (tertiary/aromatic N) is 3. The third-order valence-corrected chi connectivity index (χ3v) is 5.35. The molecule has 0 aromatic heterocycles. The Bertz CT molecular complexity index is 809. The maximum atomic E-state index is 10.8. The summed E-state index contributed by atoms with van der Waals surface area (Å²) in [5, 5.41) is 15.3. The first kappa shape index (κ1) is 17.4. The second-order valence-corrected chi connectivity index (χ2v) is 6.86. The monoisotopic (exact) mass is 372 g/mol. The standard InChI is InChI=1S/C17H16N4O2S2/c1-18-16(24)20(13-5-3-2-4-6-13)17-19-11-15(25-17)12-7-9-14(10-8-12)21(22)23/h2-10,15H,11H2,1H3,(H,18,24)/t15-/m1/s1. The van der Waals surface area contributed by atoms with Gasteiger partial charge in [0.25, 0.3) is 5.69 Å². The Balaban J connectivity index is 1.79. The smallest absolute Gasteiger partial charge is 0.269 e. The first-order valence-corrected chi connectivity index (χ1v) is 8.91. The molecule has 0 spiro atoms. The molecule has 3 rings (SSSR count). The molecule has 0 aliphatic carbocycles. The average Bonchev–Trinajstić information content (AvgIpc) is 3.12. The van der Waals surface area contributed by atoms with Gasteiger partial charge in [0, 0.05) is 19.2 Å². The number of hydrogen-bond donors (Lipinski definition) is 1. The largest absolute Gasteiger partial charge is 0.365 e. The first-order chi connectivity index (χ1) is 12.1. The van der Waals surface area contributed by atoms with Gasteiger partial charge >= 0.3 is 0 Å². The van der Waals surface area contributed by atoms with Crippen molar-refractivity contribution in [2.45, 2.75) is 5.25 Å². The minimum absolute atomic E-state index is 0.0927. The Kier molecular flexibility index (Phi) is 5.30. The zero-order valence-electron chi connectivity index (χ0n) is 13.5. The molecule has 0 unspecified atom stereocenters. The number of para-hydroxylation sites is 1. The molecule has 1 atom stereocenters. The number of non-ortho nitro benzene ring substituents is 1. The van der Waals surface area contributed by atoms with Crippen molar-refractivity contribution in [3.05, 3.63) is 70.3 Å². The van der Waals surface area contributed by atoms with E-state index in [1.54, 1.807) is 30.9 Å². The first-order valence-electron chi connectivity index (χ1n) is 7.62. The molecule has 0 radical (unpaired) electrons. The van der Waals surface area contributed by atoms with Gasteiger partial charge in [-0.25, -0.2) is 0 Å². The predicted octanol–water partition coefficient (Wildman–Crippen LogP) is 3.75. The van der Waals surface area contributed by atoms with E-state index in [9.17, 15) is 10.1 Å². The van der Waals surface area contributed by atoms with Crippen LogP contribution in [0.2, 0.25) is 0 Å². The highest BCUT2D eigenvalue weighted by Crippen LogP contribution is 2.38. The van der Waals surface area contributed by atoms with Crippen LogP contribution in [0, 0.1) is 10.1 Å². The number of benzene rings is 2. The third kappa shape index (κ3) is 3.80. The van der Waals surface area contributed by atoms with Crippen LogP contribution in [-0.4, -0.2) is 28.8 Å². The Hall–Kier alpha value is -2.45. The van der Waals surface area contributed by atoms with Gasteiger partial charge in [0.05, 0.1) is 22.4 Å². The summed E-state index contributed by atoms with van der Waals surface area (Å²) in [6.07, 6.45) is 0. The molecular weight excluding hydrogens is 356 g/mol. The number of nitro groups is 1. The topological polar surface area (TPSA) is 70.8 Å². The fourth-order valence-corrected chi connectivity index (χ4v) is 3.87. The van der Waals surface area contributed by atoms with Crippen LogP contribution in [0.4, 0.5) is 11.4 Å². The molecule has 1 aliphatic rings. The summed E-state index contributed by atoms with van der Waals surface area (Å²) in [5.74, 6) is 0. The average molecular weight is 372 g/mol. The van der Waals surface area contributed by atoms with Crippen LogP contribution in [0.25, 0.3) is 0 Å². The lowest BCUT2D eigenvalue weighted by molar-refractivity contribution is -0.384. The molecule has 0 fully saturated rings. The van der Waals surface area contributed by atoms with Crippen molar-refractivity contribution in [1.29, 1.82) is 0 Å². The summed E-state index contributed by atoms with van der Waals surface area (Å²) in [4.78, 5) is 16.9. The summed E-state index contributed by atoms with van der Waals surface area (Å²) in [6, 6.07) is 16.5. The number of nitro benzene ring substituents is 1. The lowest BCUT2D eigenvalue weighted by atomic mass is 10.1. The molecular formula is C17H16N4O2S2. The number of thiocarbonyl (C=S) groups is 1. The minimum Gasteiger partial charge on any atom is -0.365 e. The molecule has 1 heterocycles. The number of rotatable bonds is 3. The SMILES string of the molecule is CNC(=S)N(C1=NC[C@H](c2ccc([N+](=O)[O-])cc2)S1)c1ccccc1. The maximum Gasteiger partial charge on any atom is 0.269 e. The van der Waals surface area contributed by atoms with Crippen molar-refractivity contribution >= 4 is 45.6 Å². The van der Waals surface area contributed by atoms with Crippen molar-refractivity contribution in [2.75, 3.05) is 18.5 Å². The van der Waals surface area contributed by atoms with Crippen LogP contribution in [0.15, 0.2) is 59.6 Å². The van der Waals surface area contributed by atoms with Gasteiger partial charge in [-0.15, -0.1) is 0 Å². The zero-order valence-corrected chi connectivity index (χ0v) is 15.1. The molecule has 0 saturated carbocycles. The van der Waals surface area contributed by atoms with Crippen molar-refractivity contribution in [3.8, 4) is 0 Å². The number of anilines is 1. The lowest BCUT2D eigenvalue weighted by Gasteiger charge is -2.24. The molecule has 2 aromatic carbocycles. The van der Waals surface area contributed by atoms with Gasteiger partial charge in [-0.2, -0.15) is 0 Å². The van der Waals surface area contributed by atoms with E-state index in [2.05, 4.69) is 10.3 Å². The number of hydrogen-bond acceptors (Lipinski definition) is 5. The van der Waals surface area contributed by atoms with E-state index in [0.29, 0.717) is 11.7 Å². The highest BCUT2D eigenvalue weighted by Gasteiger charge is 2.28. The van der Waals surface area contributed by atoms with Crippen molar-refractivity contribution in [3.63, 3.8) is 0 Å². The van der Waals surface area contributed by atoms with Gasteiger partial charge in [-0.3, -0.25) is 20.0 Å². The van der Waals surface area contributed by atoms with E-state index in [0.717, 1.165) is 16.4 Å². The molecule has 8 heteroatoms. The lowest BCUT2D eigenvalue weighted by Crippen LogP contribution is -2.40. The van der Waals surface area contributed by atoms with E-state index >= 15 is 0 Å². The highest BCUT2D eigenvalue weighted by atomic mass is 32.2. The van der Waals surface area contributed by atoms with E-state index in [1.165, 1.54) is 12.1 Å². The molecule has 0 saturated heterocycles. The molecule has 128 valence electrons. The van der Waals surface area contributed by atoms with E-state index in [4.69, 9.17) is 12.2 Å². The molecule has 6 nitrogen and oxygen atoms in total. The van der Waals surface area contributed by atoms with Crippen LogP contribution in [0.1, 0.15) is 10.8 Å². The van der Waals surface area contributed by atoms with Crippen LogP contribution in [0.5, 0.6) is 0 Å². The van der Waals surface area contributed by atoms with E-state index in [-0.39, 0.29) is 10.9 Å². The molecule has 25 heavy (non-hydrogen) atoms. The fraction of sp³-hybridized carbons (Fsp3) is 0.176. The quantitative estimate of drug-likeness (QED) is 0.503. The van der Waals surface area contributed by atoms with Crippen molar-refractivity contribution in [2.24, 2.45) is 4.99 Å². The van der Waals surface area contributed by atoms with E-state index in [1.807, 2.05) is 35.2 Å². The number of aliphatic imine (C=N–C) groups is 1. The van der Waals surface area contributed by atoms with Gasteiger partial charge in [0.2, 0.25) is 0 Å². The van der Waals surface area contributed by atoms with Crippen LogP contribution in [-0.2, 0) is 0 Å². The van der Waals surface area contributed by atoms with Gasteiger partial charge in [0.1, 0.15) is 0 Å². The fourth-order valence-electron chi connectivity index (χ4n) is 2.47. The van der Waals surface area contributed by atoms with Crippen LogP contribution >= 0.6 is 24.0 Å². The molecule has 0 bridgehead atoms. The van der Waals surface area contributed by atoms with Gasteiger partial charge in [0.15, 0.2) is 10.3 Å². The number of amidine groups is 1. The molecule has 1 aliphatic heterocycles. The number of thioether (sulfide) groups is 1. The Morgan fingerprint density at radius 3 is 2.56 bits per heavy atom. The third-order valence-electron chi connectivity index (χ3n) is 3.74. The number of nitrogens with one attached hydrogen (secondary N) is 1. The second kappa shape index (κ2) is 7.62. The van der Waals surface area contributed by atoms with Gasteiger partial charge in [-0.05, 0) is 29.9 Å². The van der Waals surface area contributed by atoms with Crippen LogP contribution < -0.4 is 10.2 Å². The van der Waals surface area contributed by atoms with Gasteiger partial charge in [-0.1, -0.05) is 42.1 Å². The maximum absolute atomic E-state index is 10.8. The summed E-state index contributed by atoms with van der Waals surface area (Å²) < 4.78 is 0. The van der Waals surface area contributed by atoms with Gasteiger partial charge < -0.3 is 5.32 Å². The second-order valence-electron chi connectivity index (χ2n) is 5.30. The summed E-state index contributed by atoms with van der Waals surface area (Å²) >= 11 is 7.05. The predicted molar refractivity (Wildman–Crippen MR) is 106 cm³/mol. The summed E-state index contributed by atoms with van der Waals surface area (Å²) in [5.41, 5.74) is 2.05. The summed E-state index contributed by atoms with van der Waals surface area (Å²) in [6.45, 7) is 0.605. The Labute approximate surface area is 155 Å². The molecule has 1 N–H and O–H groups in total. The minimum atomic E-state index is -0.393.